The van der Waals surface area contributed by atoms with Gasteiger partial charge in [-0.1, -0.05) is 27.2 Å². The lowest BCUT2D eigenvalue weighted by Crippen LogP contribution is -2.49. The molecule has 0 spiro atoms. The van der Waals surface area contributed by atoms with Crippen molar-refractivity contribution in [1.82, 2.24) is 0 Å². The first-order valence-electron chi connectivity index (χ1n) is 5.11. The molecule has 1 rings (SSSR count). The summed E-state index contributed by atoms with van der Waals surface area (Å²) in [6.45, 7) is 5.99. The molecule has 1 amide bonds. The Hall–Kier alpha value is -0.860. The molecule has 1 fully saturated rings. The van der Waals surface area contributed by atoms with Crippen molar-refractivity contribution in [2.45, 2.75) is 46.5 Å². The van der Waals surface area contributed by atoms with Crippen LogP contribution in [0.1, 0.15) is 46.5 Å². The first kappa shape index (κ1) is 11.2. The summed E-state index contributed by atoms with van der Waals surface area (Å²) in [5.74, 6) is -0.401. The van der Waals surface area contributed by atoms with Crippen LogP contribution in [-0.4, -0.2) is 11.7 Å². The molecule has 3 heteroatoms. The zero-order chi connectivity index (χ0) is 11.0. The molecule has 0 saturated heterocycles. The van der Waals surface area contributed by atoms with E-state index in [-0.39, 0.29) is 11.2 Å². The van der Waals surface area contributed by atoms with Crippen molar-refractivity contribution in [2.75, 3.05) is 0 Å². The standard InChI is InChI=1S/C11H19NO2/c1-10(2,3)7-8(13)11(9(12)14)5-4-6-11/h4-7H2,1-3H3,(H2,12,14). The van der Waals surface area contributed by atoms with Gasteiger partial charge in [-0.05, 0) is 18.3 Å². The van der Waals surface area contributed by atoms with E-state index in [1.807, 2.05) is 20.8 Å². The summed E-state index contributed by atoms with van der Waals surface area (Å²) in [5.41, 5.74) is 4.42. The number of ketones is 1. The number of rotatable bonds is 3. The number of nitrogens with two attached hydrogens (primary N) is 1. The fraction of sp³-hybridized carbons (Fsp3) is 0.818. The van der Waals surface area contributed by atoms with E-state index in [4.69, 9.17) is 5.73 Å². The molecule has 0 heterocycles. The molecule has 0 atom stereocenters. The van der Waals surface area contributed by atoms with Gasteiger partial charge in [0.25, 0.3) is 0 Å². The number of primary amides is 1. The van der Waals surface area contributed by atoms with E-state index >= 15 is 0 Å². The van der Waals surface area contributed by atoms with Crippen molar-refractivity contribution in [2.24, 2.45) is 16.6 Å². The molecule has 0 aromatic heterocycles. The Morgan fingerprint density at radius 2 is 1.79 bits per heavy atom. The van der Waals surface area contributed by atoms with E-state index in [9.17, 15) is 9.59 Å². The molecule has 1 aliphatic carbocycles. The van der Waals surface area contributed by atoms with E-state index in [0.29, 0.717) is 19.3 Å². The van der Waals surface area contributed by atoms with Gasteiger partial charge in [-0.2, -0.15) is 0 Å². The van der Waals surface area contributed by atoms with Gasteiger partial charge in [0.1, 0.15) is 11.2 Å². The van der Waals surface area contributed by atoms with E-state index in [2.05, 4.69) is 0 Å². The molecular weight excluding hydrogens is 178 g/mol. The van der Waals surface area contributed by atoms with E-state index in [1.54, 1.807) is 0 Å². The number of hydrogen-bond acceptors (Lipinski definition) is 2. The maximum Gasteiger partial charge on any atom is 0.231 e. The van der Waals surface area contributed by atoms with Gasteiger partial charge in [0.15, 0.2) is 0 Å². The van der Waals surface area contributed by atoms with Crippen LogP contribution < -0.4 is 5.73 Å². The summed E-state index contributed by atoms with van der Waals surface area (Å²) in [6, 6.07) is 0. The van der Waals surface area contributed by atoms with Gasteiger partial charge in [0, 0.05) is 6.42 Å². The van der Waals surface area contributed by atoms with Crippen LogP contribution in [0.4, 0.5) is 0 Å². The zero-order valence-electron chi connectivity index (χ0n) is 9.22. The second-order valence-corrected chi connectivity index (χ2v) is 5.46. The van der Waals surface area contributed by atoms with Gasteiger partial charge in [-0.25, -0.2) is 0 Å². The van der Waals surface area contributed by atoms with Crippen molar-refractivity contribution in [3.05, 3.63) is 0 Å². The van der Waals surface area contributed by atoms with Gasteiger partial charge in [0.2, 0.25) is 5.91 Å². The molecule has 0 aromatic carbocycles. The quantitative estimate of drug-likeness (QED) is 0.699. The minimum atomic E-state index is -0.812. The highest BCUT2D eigenvalue weighted by molar-refractivity contribution is 6.06. The number of carbonyl (C=O) groups is 2. The third-order valence-electron chi connectivity index (χ3n) is 2.90. The third-order valence-corrected chi connectivity index (χ3v) is 2.90. The fourth-order valence-electron chi connectivity index (χ4n) is 1.84. The van der Waals surface area contributed by atoms with Crippen LogP contribution in [0.2, 0.25) is 0 Å². The summed E-state index contributed by atoms with van der Waals surface area (Å²) < 4.78 is 0. The highest BCUT2D eigenvalue weighted by Crippen LogP contribution is 2.43. The maximum atomic E-state index is 11.9. The van der Waals surface area contributed by atoms with Crippen LogP contribution in [0.3, 0.4) is 0 Å². The van der Waals surface area contributed by atoms with Crippen molar-refractivity contribution < 1.29 is 9.59 Å². The molecule has 3 nitrogen and oxygen atoms in total. The monoisotopic (exact) mass is 197 g/mol. The second kappa shape index (κ2) is 3.37. The van der Waals surface area contributed by atoms with E-state index < -0.39 is 11.3 Å². The van der Waals surface area contributed by atoms with E-state index in [0.717, 1.165) is 6.42 Å². The van der Waals surface area contributed by atoms with Crippen LogP contribution in [0, 0.1) is 10.8 Å². The average Bonchev–Trinajstić information content (AvgIpc) is 1.76. The lowest BCUT2D eigenvalue weighted by Gasteiger charge is -2.38. The summed E-state index contributed by atoms with van der Waals surface area (Å²) in [5, 5.41) is 0. The van der Waals surface area contributed by atoms with Crippen LogP contribution in [0.5, 0.6) is 0 Å². The predicted octanol–water partition coefficient (Wildman–Crippen LogP) is 1.65. The molecule has 0 radical (unpaired) electrons. The van der Waals surface area contributed by atoms with Gasteiger partial charge in [-0.3, -0.25) is 9.59 Å². The smallest absolute Gasteiger partial charge is 0.231 e. The summed E-state index contributed by atoms with van der Waals surface area (Å²) in [7, 11) is 0. The lowest BCUT2D eigenvalue weighted by atomic mass is 9.63. The number of amides is 1. The highest BCUT2D eigenvalue weighted by atomic mass is 16.2. The van der Waals surface area contributed by atoms with Crippen molar-refractivity contribution in [3.8, 4) is 0 Å². The normalized spacial score (nSPS) is 19.9. The average molecular weight is 197 g/mol. The first-order valence-corrected chi connectivity index (χ1v) is 5.11. The highest BCUT2D eigenvalue weighted by Gasteiger charge is 2.49. The van der Waals surface area contributed by atoms with Crippen molar-refractivity contribution in [3.63, 3.8) is 0 Å². The molecule has 0 aromatic rings. The Kier molecular flexibility index (Phi) is 2.70. The summed E-state index contributed by atoms with van der Waals surface area (Å²) >= 11 is 0. The molecule has 0 aliphatic heterocycles. The summed E-state index contributed by atoms with van der Waals surface area (Å²) in [6.07, 6.45) is 2.68. The largest absolute Gasteiger partial charge is 0.369 e. The minimum absolute atomic E-state index is 0.0313. The maximum absolute atomic E-state index is 11.9. The van der Waals surface area contributed by atoms with Crippen LogP contribution >= 0.6 is 0 Å². The van der Waals surface area contributed by atoms with Crippen LogP contribution in [0.15, 0.2) is 0 Å². The van der Waals surface area contributed by atoms with Gasteiger partial charge in [0.05, 0.1) is 0 Å². The third kappa shape index (κ3) is 1.97. The SMILES string of the molecule is CC(C)(C)CC(=O)C1(C(N)=O)CCC1. The minimum Gasteiger partial charge on any atom is -0.369 e. The number of hydrogen-bond donors (Lipinski definition) is 1. The Labute approximate surface area is 85.0 Å². The Bertz CT molecular complexity index is 259. The fourth-order valence-corrected chi connectivity index (χ4v) is 1.84. The molecule has 0 unspecified atom stereocenters. The molecule has 2 N–H and O–H groups in total. The summed E-state index contributed by atoms with van der Waals surface area (Å²) in [4.78, 5) is 23.1. The number of carbonyl (C=O) groups excluding carboxylic acids is 2. The first-order chi connectivity index (χ1) is 6.28. The Morgan fingerprint density at radius 1 is 1.29 bits per heavy atom. The van der Waals surface area contributed by atoms with Crippen LogP contribution in [0.25, 0.3) is 0 Å². The lowest BCUT2D eigenvalue weighted by molar-refractivity contribution is -0.147. The molecule has 1 saturated carbocycles. The Balaban J connectivity index is 2.72. The molecule has 0 bridgehead atoms. The molecule has 14 heavy (non-hydrogen) atoms. The van der Waals surface area contributed by atoms with Crippen LogP contribution in [-0.2, 0) is 9.59 Å². The Morgan fingerprint density at radius 3 is 2.00 bits per heavy atom. The molecule has 1 aliphatic rings. The van der Waals surface area contributed by atoms with Gasteiger partial charge < -0.3 is 5.73 Å². The topological polar surface area (TPSA) is 60.2 Å². The van der Waals surface area contributed by atoms with Crippen molar-refractivity contribution in [1.29, 1.82) is 0 Å². The van der Waals surface area contributed by atoms with Gasteiger partial charge >= 0.3 is 0 Å². The van der Waals surface area contributed by atoms with Crippen molar-refractivity contribution >= 4 is 11.7 Å². The van der Waals surface area contributed by atoms with E-state index in [1.165, 1.54) is 0 Å². The molecule has 80 valence electrons. The molecular formula is C11H19NO2. The zero-order valence-corrected chi connectivity index (χ0v) is 9.22. The second-order valence-electron chi connectivity index (χ2n) is 5.46. The number of Topliss-reactive ketones (excluding diaryl/α,β-unsaturated/α-hetero) is 1. The van der Waals surface area contributed by atoms with Gasteiger partial charge in [-0.15, -0.1) is 0 Å². The predicted molar refractivity (Wildman–Crippen MR) is 54.6 cm³/mol.